The number of ether oxygens (including phenoxy) is 1. The van der Waals surface area contributed by atoms with E-state index in [4.69, 9.17) is 17.0 Å². The largest absolute Gasteiger partial charge is 0.483 e. The molecule has 138 valence electrons. The van der Waals surface area contributed by atoms with Gasteiger partial charge in [0.1, 0.15) is 11.6 Å². The quantitative estimate of drug-likeness (QED) is 0.535. The van der Waals surface area contributed by atoms with Crippen LogP contribution >= 0.6 is 12.2 Å². The summed E-state index contributed by atoms with van der Waals surface area (Å²) < 4.78 is 18.4. The van der Waals surface area contributed by atoms with E-state index in [0.29, 0.717) is 18.2 Å². The number of amides is 1. The molecule has 0 saturated heterocycles. The first-order valence-electron chi connectivity index (χ1n) is 8.24. The molecule has 0 atom stereocenters. The Morgan fingerprint density at radius 2 is 1.81 bits per heavy atom. The number of hydrogen-bond donors (Lipinski definition) is 3. The second-order valence-corrected chi connectivity index (χ2v) is 6.37. The third-order valence-corrected chi connectivity index (χ3v) is 3.83. The van der Waals surface area contributed by atoms with Crippen molar-refractivity contribution >= 4 is 23.2 Å². The number of carbonyl (C=O) groups is 1. The topological polar surface area (TPSA) is 62.4 Å². The third-order valence-electron chi connectivity index (χ3n) is 3.58. The average Bonchev–Trinajstić information content (AvgIpc) is 2.64. The van der Waals surface area contributed by atoms with Crippen molar-refractivity contribution in [3.05, 3.63) is 65.5 Å². The van der Waals surface area contributed by atoms with Crippen LogP contribution in [0.5, 0.6) is 5.75 Å². The summed E-state index contributed by atoms with van der Waals surface area (Å²) in [5.41, 5.74) is 6.99. The van der Waals surface area contributed by atoms with Gasteiger partial charge in [0.15, 0.2) is 11.7 Å². The van der Waals surface area contributed by atoms with Crippen molar-refractivity contribution in [2.24, 2.45) is 0 Å². The smallest absolute Gasteiger partial charge is 0.276 e. The lowest BCUT2D eigenvalue weighted by molar-refractivity contribution is -0.123. The minimum Gasteiger partial charge on any atom is -0.483 e. The van der Waals surface area contributed by atoms with Gasteiger partial charge in [-0.05, 0) is 47.5 Å². The van der Waals surface area contributed by atoms with Crippen molar-refractivity contribution in [1.82, 2.24) is 16.2 Å². The van der Waals surface area contributed by atoms with Crippen molar-refractivity contribution in [2.45, 2.75) is 26.3 Å². The normalized spacial score (nSPS) is 10.3. The number of nitrogens with one attached hydrogen (secondary N) is 3. The molecule has 7 heteroatoms. The molecule has 0 aliphatic rings. The van der Waals surface area contributed by atoms with Crippen LogP contribution in [0.15, 0.2) is 48.5 Å². The van der Waals surface area contributed by atoms with Gasteiger partial charge in [0.05, 0.1) is 0 Å². The Morgan fingerprint density at radius 1 is 1.12 bits per heavy atom. The second kappa shape index (κ2) is 9.72. The van der Waals surface area contributed by atoms with E-state index < -0.39 is 0 Å². The van der Waals surface area contributed by atoms with Crippen molar-refractivity contribution in [2.75, 3.05) is 6.61 Å². The molecule has 0 bridgehead atoms. The molecule has 3 N–H and O–H groups in total. The van der Waals surface area contributed by atoms with Crippen molar-refractivity contribution < 1.29 is 13.9 Å². The molecule has 0 aromatic heterocycles. The van der Waals surface area contributed by atoms with E-state index in [9.17, 15) is 9.18 Å². The fraction of sp³-hybridized carbons (Fsp3) is 0.263. The molecule has 0 spiro atoms. The van der Waals surface area contributed by atoms with Gasteiger partial charge in [-0.2, -0.15) is 0 Å². The predicted octanol–water partition coefficient (Wildman–Crippen LogP) is 3.02. The molecule has 0 aliphatic carbocycles. The highest BCUT2D eigenvalue weighted by Crippen LogP contribution is 2.25. The van der Waals surface area contributed by atoms with Gasteiger partial charge in [-0.3, -0.25) is 15.6 Å². The predicted molar refractivity (Wildman–Crippen MR) is 103 cm³/mol. The molecule has 26 heavy (non-hydrogen) atoms. The summed E-state index contributed by atoms with van der Waals surface area (Å²) >= 11 is 5.08. The van der Waals surface area contributed by atoms with Crippen LogP contribution in [-0.4, -0.2) is 17.6 Å². The molecular formula is C19H22FN3O2S. The van der Waals surface area contributed by atoms with Crippen LogP contribution in [0.1, 0.15) is 30.9 Å². The van der Waals surface area contributed by atoms with Crippen LogP contribution in [0.4, 0.5) is 4.39 Å². The molecule has 0 radical (unpaired) electrons. The second-order valence-electron chi connectivity index (χ2n) is 5.96. The maximum atomic E-state index is 12.8. The summed E-state index contributed by atoms with van der Waals surface area (Å²) in [6.45, 7) is 4.42. The van der Waals surface area contributed by atoms with Gasteiger partial charge >= 0.3 is 0 Å². The maximum Gasteiger partial charge on any atom is 0.276 e. The first-order valence-corrected chi connectivity index (χ1v) is 8.65. The number of hydrazine groups is 1. The number of thiocarbonyl (C=S) groups is 1. The first-order chi connectivity index (χ1) is 12.5. The minimum atomic E-state index is -0.352. The molecular weight excluding hydrogens is 353 g/mol. The lowest BCUT2D eigenvalue weighted by Gasteiger charge is -2.15. The van der Waals surface area contributed by atoms with E-state index in [2.05, 4.69) is 30.0 Å². The van der Waals surface area contributed by atoms with Crippen LogP contribution in [0.2, 0.25) is 0 Å². The Hall–Kier alpha value is -2.67. The number of hydrogen-bond acceptors (Lipinski definition) is 3. The van der Waals surface area contributed by atoms with Crippen LogP contribution in [-0.2, 0) is 11.3 Å². The third kappa shape index (κ3) is 6.33. The summed E-state index contributed by atoms with van der Waals surface area (Å²) in [6, 6.07) is 13.7. The molecule has 2 aromatic rings. The standard InChI is InChI=1S/C19H22FN3O2S/c1-13(2)16-5-3-4-6-17(16)25-12-18(24)22-23-19(26)21-11-14-7-9-15(20)10-8-14/h3-10,13H,11-12H2,1-2H3,(H,22,24)(H2,21,23,26). The zero-order chi connectivity index (χ0) is 18.9. The zero-order valence-corrected chi connectivity index (χ0v) is 15.5. The number of rotatable bonds is 6. The van der Waals surface area contributed by atoms with Gasteiger partial charge in [0.2, 0.25) is 0 Å². The molecule has 0 aliphatic heterocycles. The average molecular weight is 375 g/mol. The van der Waals surface area contributed by atoms with Crippen LogP contribution in [0, 0.1) is 5.82 Å². The molecule has 0 fully saturated rings. The molecule has 1 amide bonds. The van der Waals surface area contributed by atoms with Crippen molar-refractivity contribution in [3.8, 4) is 5.75 Å². The Balaban J connectivity index is 1.71. The highest BCUT2D eigenvalue weighted by Gasteiger charge is 2.09. The van der Waals surface area contributed by atoms with Gasteiger partial charge < -0.3 is 10.1 Å². The summed E-state index contributed by atoms with van der Waals surface area (Å²) in [6.07, 6.45) is 0. The summed E-state index contributed by atoms with van der Waals surface area (Å²) in [4.78, 5) is 11.9. The summed E-state index contributed by atoms with van der Waals surface area (Å²) in [5, 5.41) is 3.17. The van der Waals surface area contributed by atoms with Crippen molar-refractivity contribution in [3.63, 3.8) is 0 Å². The number of carbonyl (C=O) groups excluding carboxylic acids is 1. The molecule has 5 nitrogen and oxygen atoms in total. The molecule has 0 saturated carbocycles. The monoisotopic (exact) mass is 375 g/mol. The van der Waals surface area contributed by atoms with E-state index in [0.717, 1.165) is 11.1 Å². The summed E-state index contributed by atoms with van der Waals surface area (Å²) in [5.74, 6) is 0.348. The fourth-order valence-corrected chi connectivity index (χ4v) is 2.35. The Labute approximate surface area is 157 Å². The Bertz CT molecular complexity index is 751. The number of halogens is 1. The van der Waals surface area contributed by atoms with E-state index in [1.807, 2.05) is 24.3 Å². The van der Waals surface area contributed by atoms with Crippen LogP contribution < -0.4 is 20.9 Å². The Morgan fingerprint density at radius 3 is 2.50 bits per heavy atom. The lowest BCUT2D eigenvalue weighted by Crippen LogP contribution is -2.48. The number of para-hydroxylation sites is 1. The zero-order valence-electron chi connectivity index (χ0n) is 14.7. The van der Waals surface area contributed by atoms with Gasteiger partial charge in [-0.1, -0.05) is 44.2 Å². The van der Waals surface area contributed by atoms with Gasteiger partial charge in [0, 0.05) is 6.54 Å². The highest BCUT2D eigenvalue weighted by molar-refractivity contribution is 7.80. The minimum absolute atomic E-state index is 0.128. The maximum absolute atomic E-state index is 12.8. The van der Waals surface area contributed by atoms with E-state index >= 15 is 0 Å². The van der Waals surface area contributed by atoms with E-state index in [-0.39, 0.29) is 23.4 Å². The van der Waals surface area contributed by atoms with Crippen LogP contribution in [0.25, 0.3) is 0 Å². The summed E-state index contributed by atoms with van der Waals surface area (Å²) in [7, 11) is 0. The lowest BCUT2D eigenvalue weighted by atomic mass is 10.0. The van der Waals surface area contributed by atoms with Crippen LogP contribution in [0.3, 0.4) is 0 Å². The van der Waals surface area contributed by atoms with E-state index in [1.165, 1.54) is 12.1 Å². The van der Waals surface area contributed by atoms with E-state index in [1.54, 1.807) is 12.1 Å². The van der Waals surface area contributed by atoms with Crippen molar-refractivity contribution in [1.29, 1.82) is 0 Å². The molecule has 2 rings (SSSR count). The SMILES string of the molecule is CC(C)c1ccccc1OCC(=O)NNC(=S)NCc1ccc(F)cc1. The van der Waals surface area contributed by atoms with Gasteiger partial charge in [-0.15, -0.1) is 0 Å². The first kappa shape index (κ1) is 19.7. The van der Waals surface area contributed by atoms with Gasteiger partial charge in [0.25, 0.3) is 5.91 Å². The molecule has 0 heterocycles. The molecule has 2 aromatic carbocycles. The molecule has 0 unspecified atom stereocenters. The number of benzene rings is 2. The van der Waals surface area contributed by atoms with Gasteiger partial charge in [-0.25, -0.2) is 4.39 Å². The fourth-order valence-electron chi connectivity index (χ4n) is 2.22. The highest BCUT2D eigenvalue weighted by atomic mass is 32.1. The Kier molecular flexibility index (Phi) is 7.35.